The standard InChI is InChI=1S/C14H22N2O2.C13H20N2O2.2C12H18N2O2.CH4/c1-11-9-13-14(10-12(11)15)18-8-6-16(13)5-3-2-4-7-17;14-11-4-5-12-13(10-11)17-9-7-15(12)6-2-1-3-8-16;1-9(8-15)7-14-4-5-16-12-6-10(13)2-3-11(12)14;13-10-3-4-11-12(9-10)16-8-6-14(11)5-1-2-7-15;/h9-10,17H,2-8,15H2,1H3;4-5,10,16H,1-3,6-9,14H2;2-3,6,9,15H,4-5,7-8,13H2,1H3;3-4,9,15H,1-2,5-8,13H2;1H4. The highest BCUT2D eigenvalue weighted by Crippen LogP contribution is 2.37. The molecule has 1 unspecified atom stereocenters. The Morgan fingerprint density at radius 2 is 0.824 bits per heavy atom. The van der Waals surface area contributed by atoms with Gasteiger partial charge in [-0.05, 0) is 112 Å². The van der Waals surface area contributed by atoms with E-state index in [0.717, 1.165) is 191 Å². The maximum absolute atomic E-state index is 9.08. The molecule has 68 heavy (non-hydrogen) atoms. The molecule has 4 aromatic rings. The van der Waals surface area contributed by atoms with Gasteiger partial charge < -0.3 is 81.9 Å². The Morgan fingerprint density at radius 1 is 0.471 bits per heavy atom. The molecule has 4 aliphatic rings. The third-order valence-electron chi connectivity index (χ3n) is 12.0. The Kier molecular flexibility index (Phi) is 23.6. The number of nitrogens with zero attached hydrogens (tertiary/aromatic N) is 4. The smallest absolute Gasteiger partial charge is 0.144 e. The third kappa shape index (κ3) is 16.8. The van der Waals surface area contributed by atoms with Gasteiger partial charge in [0, 0.05) is 99.6 Å². The summed E-state index contributed by atoms with van der Waals surface area (Å²) in [7, 11) is 0. The fourth-order valence-corrected chi connectivity index (χ4v) is 8.24. The minimum Gasteiger partial charge on any atom is -0.489 e. The molecule has 0 aliphatic carbocycles. The highest BCUT2D eigenvalue weighted by molar-refractivity contribution is 5.69. The van der Waals surface area contributed by atoms with Gasteiger partial charge in [-0.15, -0.1) is 0 Å². The lowest BCUT2D eigenvalue weighted by Gasteiger charge is -2.32. The molecule has 0 amide bonds. The highest BCUT2D eigenvalue weighted by Gasteiger charge is 2.22. The first-order valence-electron chi connectivity index (χ1n) is 24.1. The third-order valence-corrected chi connectivity index (χ3v) is 12.0. The molecule has 0 spiro atoms. The Bertz CT molecular complexity index is 2080. The van der Waals surface area contributed by atoms with Crippen molar-refractivity contribution in [1.29, 1.82) is 0 Å². The van der Waals surface area contributed by atoms with Crippen LogP contribution in [0.4, 0.5) is 45.5 Å². The number of benzene rings is 4. The first-order valence-corrected chi connectivity index (χ1v) is 24.1. The number of aliphatic hydroxyl groups excluding tert-OH is 4. The molecule has 0 fully saturated rings. The zero-order valence-corrected chi connectivity index (χ0v) is 39.9. The fraction of sp³-hybridized carbons (Fsp3) is 0.538. The van der Waals surface area contributed by atoms with Gasteiger partial charge in [0.05, 0.1) is 48.9 Å². The van der Waals surface area contributed by atoms with E-state index in [0.29, 0.717) is 13.2 Å². The molecule has 0 aromatic heterocycles. The molecule has 0 radical (unpaired) electrons. The highest BCUT2D eigenvalue weighted by atomic mass is 16.5. The summed E-state index contributed by atoms with van der Waals surface area (Å²) < 4.78 is 22.4. The summed E-state index contributed by atoms with van der Waals surface area (Å²) >= 11 is 0. The summed E-state index contributed by atoms with van der Waals surface area (Å²) in [5.41, 5.74) is 31.6. The summed E-state index contributed by atoms with van der Waals surface area (Å²) in [6.07, 6.45) is 7.96. The first-order chi connectivity index (χ1) is 32.5. The minimum atomic E-state index is 0. The first kappa shape index (κ1) is 54.9. The Labute approximate surface area is 405 Å². The van der Waals surface area contributed by atoms with Gasteiger partial charge in [-0.25, -0.2) is 0 Å². The number of anilines is 8. The van der Waals surface area contributed by atoms with Gasteiger partial charge in [0.25, 0.3) is 0 Å². The number of ether oxygens (including phenoxy) is 4. The Morgan fingerprint density at radius 3 is 1.24 bits per heavy atom. The zero-order chi connectivity index (χ0) is 48.0. The van der Waals surface area contributed by atoms with Crippen molar-refractivity contribution in [3.8, 4) is 23.0 Å². The van der Waals surface area contributed by atoms with Gasteiger partial charge in [0.2, 0.25) is 0 Å². The van der Waals surface area contributed by atoms with Crippen molar-refractivity contribution in [2.75, 3.05) is 148 Å². The predicted octanol–water partition coefficient (Wildman–Crippen LogP) is 6.54. The van der Waals surface area contributed by atoms with Crippen LogP contribution in [-0.2, 0) is 0 Å². The van der Waals surface area contributed by atoms with E-state index in [1.54, 1.807) is 0 Å². The number of hydrogen-bond acceptors (Lipinski definition) is 16. The van der Waals surface area contributed by atoms with E-state index in [4.69, 9.17) is 62.3 Å². The number of rotatable bonds is 17. The van der Waals surface area contributed by atoms with Crippen molar-refractivity contribution < 1.29 is 39.4 Å². The lowest BCUT2D eigenvalue weighted by Crippen LogP contribution is -2.36. The van der Waals surface area contributed by atoms with Crippen LogP contribution in [0.2, 0.25) is 0 Å². The van der Waals surface area contributed by atoms with Crippen LogP contribution in [0.1, 0.15) is 71.3 Å². The van der Waals surface area contributed by atoms with Crippen molar-refractivity contribution in [1.82, 2.24) is 0 Å². The quantitative estimate of drug-likeness (QED) is 0.0415. The Hall–Kier alpha value is -5.68. The summed E-state index contributed by atoms with van der Waals surface area (Å²) in [6.45, 7) is 15.4. The summed E-state index contributed by atoms with van der Waals surface area (Å²) in [5, 5.41) is 35.4. The SMILES string of the molecule is C.CC(CO)CN1CCOc2cc(N)ccc21.Cc1cc2c(cc1N)OCCN2CCCCCO.Nc1ccc2c(c1)OCCN2CCCCCO.Nc1ccc2c(c1)OCCN2CCCCO. The van der Waals surface area contributed by atoms with Crippen molar-refractivity contribution in [2.24, 2.45) is 5.92 Å². The van der Waals surface area contributed by atoms with Crippen LogP contribution < -0.4 is 61.5 Å². The number of aryl methyl sites for hydroxylation is 1. The topological polar surface area (TPSA) is 235 Å². The summed E-state index contributed by atoms with van der Waals surface area (Å²) in [6, 6.07) is 21.3. The second-order valence-corrected chi connectivity index (χ2v) is 17.4. The normalized spacial score (nSPS) is 14.6. The van der Waals surface area contributed by atoms with Crippen LogP contribution in [-0.4, -0.2) is 126 Å². The maximum Gasteiger partial charge on any atom is 0.144 e. The molecule has 4 aromatic carbocycles. The van der Waals surface area contributed by atoms with E-state index in [2.05, 4.69) is 25.7 Å². The van der Waals surface area contributed by atoms with Crippen molar-refractivity contribution in [3.05, 3.63) is 72.3 Å². The fourth-order valence-electron chi connectivity index (χ4n) is 8.24. The second kappa shape index (κ2) is 29.3. The molecule has 8 rings (SSSR count). The largest absolute Gasteiger partial charge is 0.489 e. The molecular formula is C52H82N8O8. The van der Waals surface area contributed by atoms with Gasteiger partial charge >= 0.3 is 0 Å². The van der Waals surface area contributed by atoms with E-state index < -0.39 is 0 Å². The van der Waals surface area contributed by atoms with Gasteiger partial charge in [-0.1, -0.05) is 14.4 Å². The van der Waals surface area contributed by atoms with E-state index in [1.807, 2.05) is 74.5 Å². The zero-order valence-electron chi connectivity index (χ0n) is 39.9. The molecule has 1 atom stereocenters. The van der Waals surface area contributed by atoms with Crippen molar-refractivity contribution >= 4 is 45.5 Å². The van der Waals surface area contributed by atoms with Gasteiger partial charge in [-0.3, -0.25) is 0 Å². The molecule has 0 saturated heterocycles. The van der Waals surface area contributed by atoms with Crippen molar-refractivity contribution in [3.63, 3.8) is 0 Å². The number of nitrogens with two attached hydrogens (primary N) is 4. The molecule has 16 nitrogen and oxygen atoms in total. The van der Waals surface area contributed by atoms with Gasteiger partial charge in [-0.2, -0.15) is 0 Å². The average Bonchev–Trinajstić information content (AvgIpc) is 3.33. The van der Waals surface area contributed by atoms with E-state index in [1.165, 1.54) is 0 Å². The van der Waals surface area contributed by atoms with E-state index in [9.17, 15) is 0 Å². The summed E-state index contributed by atoms with van der Waals surface area (Å²) in [4.78, 5) is 9.20. The lowest BCUT2D eigenvalue weighted by atomic mass is 10.1. The maximum atomic E-state index is 9.08. The number of hydrogen-bond donors (Lipinski definition) is 8. The second-order valence-electron chi connectivity index (χ2n) is 17.4. The molecule has 0 bridgehead atoms. The van der Waals surface area contributed by atoms with Crippen molar-refractivity contribution in [2.45, 2.75) is 72.6 Å². The van der Waals surface area contributed by atoms with Gasteiger partial charge in [0.1, 0.15) is 49.4 Å². The lowest BCUT2D eigenvalue weighted by molar-refractivity contribution is 0.233. The molecular weight excluding hydrogens is 865 g/mol. The number of aliphatic hydroxyl groups is 4. The van der Waals surface area contributed by atoms with Crippen LogP contribution in [0, 0.1) is 12.8 Å². The van der Waals surface area contributed by atoms with Crippen LogP contribution >= 0.6 is 0 Å². The molecule has 378 valence electrons. The number of unbranched alkanes of at least 4 members (excludes halogenated alkanes) is 5. The molecule has 0 saturated carbocycles. The predicted molar refractivity (Wildman–Crippen MR) is 280 cm³/mol. The molecule has 16 heteroatoms. The van der Waals surface area contributed by atoms with E-state index in [-0.39, 0.29) is 39.8 Å². The van der Waals surface area contributed by atoms with Crippen LogP contribution in [0.15, 0.2) is 66.7 Å². The molecule has 4 aliphatic heterocycles. The number of fused-ring (bicyclic) bond motifs is 4. The minimum absolute atomic E-state index is 0. The number of nitrogen functional groups attached to an aromatic ring is 4. The molecule has 4 heterocycles. The monoisotopic (exact) mass is 947 g/mol. The van der Waals surface area contributed by atoms with E-state index >= 15 is 0 Å². The van der Waals surface area contributed by atoms with Gasteiger partial charge in [0.15, 0.2) is 0 Å². The van der Waals surface area contributed by atoms with Crippen LogP contribution in [0.5, 0.6) is 23.0 Å². The average molecular weight is 947 g/mol. The van der Waals surface area contributed by atoms with Crippen LogP contribution in [0.25, 0.3) is 0 Å². The summed E-state index contributed by atoms with van der Waals surface area (Å²) in [5.74, 6) is 3.76. The Balaban J connectivity index is 0.000000197. The van der Waals surface area contributed by atoms with Crippen LogP contribution in [0.3, 0.4) is 0 Å². The molecule has 12 N–H and O–H groups in total.